The lowest BCUT2D eigenvalue weighted by Crippen LogP contribution is -2.19. The van der Waals surface area contributed by atoms with Gasteiger partial charge in [-0.2, -0.15) is 0 Å². The minimum Gasteiger partial charge on any atom is -0.478 e. The Kier molecular flexibility index (Phi) is 4.53. The molecule has 0 unspecified atom stereocenters. The number of halogens is 1. The lowest BCUT2D eigenvalue weighted by Gasteiger charge is -2.18. The number of carboxylic acid groups (broad SMARTS) is 1. The van der Waals surface area contributed by atoms with Crippen molar-refractivity contribution >= 4 is 49.2 Å². The number of hydrogen-bond acceptors (Lipinski definition) is 4. The summed E-state index contributed by atoms with van der Waals surface area (Å²) in [5.74, 6) is -1.30. The van der Waals surface area contributed by atoms with Crippen molar-refractivity contribution in [3.05, 3.63) is 52.0 Å². The molecule has 0 saturated heterocycles. The summed E-state index contributed by atoms with van der Waals surface area (Å²) in [4.78, 5) is 22.4. The standard InChI is InChI=1S/C16H13BrN2O5S/c17-13-4-3-11(8-12(13)16(21)22)25(23,24)19-10-2-5-14-9(7-10)1-6-15(20)18-14/h2-5,7-8,19H,1,6H2,(H,18,20)(H,21,22). The molecule has 0 fully saturated rings. The van der Waals surface area contributed by atoms with Crippen LogP contribution in [0.25, 0.3) is 0 Å². The van der Waals surface area contributed by atoms with Gasteiger partial charge in [-0.25, -0.2) is 13.2 Å². The molecule has 7 nitrogen and oxygen atoms in total. The van der Waals surface area contributed by atoms with Gasteiger partial charge >= 0.3 is 5.97 Å². The van der Waals surface area contributed by atoms with Gasteiger partial charge in [-0.1, -0.05) is 0 Å². The summed E-state index contributed by atoms with van der Waals surface area (Å²) in [7, 11) is -3.94. The Bertz CT molecular complexity index is 988. The average Bonchev–Trinajstić information content (AvgIpc) is 2.54. The van der Waals surface area contributed by atoms with E-state index in [4.69, 9.17) is 5.11 Å². The van der Waals surface area contributed by atoms with Crippen LogP contribution in [0.1, 0.15) is 22.3 Å². The maximum Gasteiger partial charge on any atom is 0.336 e. The van der Waals surface area contributed by atoms with Crippen molar-refractivity contribution in [3.8, 4) is 0 Å². The summed E-state index contributed by atoms with van der Waals surface area (Å²) in [5, 5.41) is 11.8. The second kappa shape index (κ2) is 6.49. The SMILES string of the molecule is O=C1CCc2cc(NS(=O)(=O)c3ccc(Br)c(C(=O)O)c3)ccc2N1. The van der Waals surface area contributed by atoms with Gasteiger partial charge in [0.2, 0.25) is 5.91 Å². The topological polar surface area (TPSA) is 113 Å². The smallest absolute Gasteiger partial charge is 0.336 e. The highest BCUT2D eigenvalue weighted by molar-refractivity contribution is 9.10. The number of nitrogens with one attached hydrogen (secondary N) is 2. The van der Waals surface area contributed by atoms with Crippen molar-refractivity contribution in [1.29, 1.82) is 0 Å². The largest absolute Gasteiger partial charge is 0.478 e. The van der Waals surface area contributed by atoms with Gasteiger partial charge in [0.25, 0.3) is 10.0 Å². The first kappa shape index (κ1) is 17.4. The van der Waals surface area contributed by atoms with E-state index >= 15 is 0 Å². The minimum absolute atomic E-state index is 0.0723. The van der Waals surface area contributed by atoms with E-state index in [1.54, 1.807) is 18.2 Å². The van der Waals surface area contributed by atoms with E-state index in [1.807, 2.05) is 0 Å². The maximum absolute atomic E-state index is 12.5. The van der Waals surface area contributed by atoms with Crippen LogP contribution in [0, 0.1) is 0 Å². The molecule has 0 saturated carbocycles. The van der Waals surface area contributed by atoms with E-state index in [0.717, 1.165) is 11.6 Å². The number of fused-ring (bicyclic) bond motifs is 1. The van der Waals surface area contributed by atoms with Gasteiger partial charge in [0.05, 0.1) is 10.5 Å². The molecular formula is C16H13BrN2O5S. The monoisotopic (exact) mass is 424 g/mol. The number of hydrogen-bond donors (Lipinski definition) is 3. The molecule has 1 aliphatic heterocycles. The van der Waals surface area contributed by atoms with E-state index in [9.17, 15) is 18.0 Å². The van der Waals surface area contributed by atoms with Gasteiger partial charge in [-0.15, -0.1) is 0 Å². The van der Waals surface area contributed by atoms with Crippen LogP contribution < -0.4 is 10.0 Å². The molecular weight excluding hydrogens is 412 g/mol. The first-order valence-corrected chi connectivity index (χ1v) is 9.52. The van der Waals surface area contributed by atoms with Gasteiger partial charge in [-0.3, -0.25) is 9.52 Å². The Balaban J connectivity index is 1.91. The zero-order valence-corrected chi connectivity index (χ0v) is 15.1. The first-order valence-electron chi connectivity index (χ1n) is 7.25. The van der Waals surface area contributed by atoms with Crippen molar-refractivity contribution < 1.29 is 23.1 Å². The zero-order chi connectivity index (χ0) is 18.2. The molecule has 3 rings (SSSR count). The van der Waals surface area contributed by atoms with Gasteiger partial charge in [-0.05, 0) is 64.3 Å². The molecule has 0 spiro atoms. The third-order valence-electron chi connectivity index (χ3n) is 3.73. The molecule has 2 aromatic carbocycles. The lowest BCUT2D eigenvalue weighted by molar-refractivity contribution is -0.116. The number of rotatable bonds is 4. The summed E-state index contributed by atoms with van der Waals surface area (Å²) in [6.07, 6.45) is 0.871. The Morgan fingerprint density at radius 1 is 1.16 bits per heavy atom. The van der Waals surface area contributed by atoms with E-state index in [-0.39, 0.29) is 16.4 Å². The highest BCUT2D eigenvalue weighted by Gasteiger charge is 2.20. The molecule has 1 aliphatic rings. The summed E-state index contributed by atoms with van der Waals surface area (Å²) in [5.41, 5.74) is 1.70. The van der Waals surface area contributed by atoms with Crippen LogP contribution in [0.2, 0.25) is 0 Å². The molecule has 1 amide bonds. The molecule has 3 N–H and O–H groups in total. The van der Waals surface area contributed by atoms with Crippen molar-refractivity contribution in [2.75, 3.05) is 10.0 Å². The third kappa shape index (κ3) is 3.67. The number of aryl methyl sites for hydroxylation is 1. The number of carboxylic acids is 1. The Morgan fingerprint density at radius 3 is 2.64 bits per heavy atom. The van der Waals surface area contributed by atoms with Gasteiger partial charge < -0.3 is 10.4 Å². The highest BCUT2D eigenvalue weighted by Crippen LogP contribution is 2.28. The Labute approximate surface area is 152 Å². The number of carbonyl (C=O) groups excluding carboxylic acids is 1. The zero-order valence-electron chi connectivity index (χ0n) is 12.7. The van der Waals surface area contributed by atoms with E-state index in [1.165, 1.54) is 12.1 Å². The first-order chi connectivity index (χ1) is 11.8. The second-order valence-corrected chi connectivity index (χ2v) is 8.01. The van der Waals surface area contributed by atoms with Gasteiger partial charge in [0, 0.05) is 22.3 Å². The Morgan fingerprint density at radius 2 is 1.92 bits per heavy atom. The average molecular weight is 425 g/mol. The summed E-state index contributed by atoms with van der Waals surface area (Å²) < 4.78 is 27.8. The molecule has 9 heteroatoms. The van der Waals surface area contributed by atoms with Gasteiger partial charge in [0.1, 0.15) is 0 Å². The molecule has 1 heterocycles. The van der Waals surface area contributed by atoms with Crippen molar-refractivity contribution in [1.82, 2.24) is 0 Å². The number of amides is 1. The fourth-order valence-electron chi connectivity index (χ4n) is 2.50. The van der Waals surface area contributed by atoms with Crippen LogP contribution in [-0.2, 0) is 21.2 Å². The number of anilines is 2. The molecule has 0 bridgehead atoms. The predicted octanol–water partition coefficient (Wildman–Crippen LogP) is 2.83. The molecule has 25 heavy (non-hydrogen) atoms. The summed E-state index contributed by atoms with van der Waals surface area (Å²) in [6.45, 7) is 0. The molecule has 130 valence electrons. The van der Waals surface area contributed by atoms with Crippen LogP contribution >= 0.6 is 15.9 Å². The summed E-state index contributed by atoms with van der Waals surface area (Å²) in [6, 6.07) is 8.61. The molecule has 0 aromatic heterocycles. The number of carbonyl (C=O) groups is 2. The fourth-order valence-corrected chi connectivity index (χ4v) is 3.99. The molecule has 0 aliphatic carbocycles. The Hall–Kier alpha value is -2.39. The lowest BCUT2D eigenvalue weighted by atomic mass is 10.0. The molecule has 2 aromatic rings. The van der Waals surface area contributed by atoms with Gasteiger partial charge in [0.15, 0.2) is 0 Å². The van der Waals surface area contributed by atoms with Crippen molar-refractivity contribution in [2.45, 2.75) is 17.7 Å². The van der Waals surface area contributed by atoms with Crippen LogP contribution in [0.4, 0.5) is 11.4 Å². The number of aromatic carboxylic acids is 1. The summed E-state index contributed by atoms with van der Waals surface area (Å²) >= 11 is 3.08. The minimum atomic E-state index is -3.94. The van der Waals surface area contributed by atoms with Crippen LogP contribution in [-0.4, -0.2) is 25.4 Å². The number of benzene rings is 2. The van der Waals surface area contributed by atoms with E-state index < -0.39 is 16.0 Å². The van der Waals surface area contributed by atoms with Crippen LogP contribution in [0.3, 0.4) is 0 Å². The predicted molar refractivity (Wildman–Crippen MR) is 95.3 cm³/mol. The second-order valence-electron chi connectivity index (χ2n) is 5.47. The maximum atomic E-state index is 12.5. The normalized spacial score (nSPS) is 13.7. The molecule has 0 radical (unpaired) electrons. The molecule has 0 atom stereocenters. The van der Waals surface area contributed by atoms with Crippen LogP contribution in [0.5, 0.6) is 0 Å². The highest BCUT2D eigenvalue weighted by atomic mass is 79.9. The third-order valence-corrected chi connectivity index (χ3v) is 5.80. The van der Waals surface area contributed by atoms with Crippen LogP contribution in [0.15, 0.2) is 45.8 Å². The van der Waals surface area contributed by atoms with Crippen molar-refractivity contribution in [3.63, 3.8) is 0 Å². The van der Waals surface area contributed by atoms with E-state index in [0.29, 0.717) is 28.7 Å². The van der Waals surface area contributed by atoms with Crippen molar-refractivity contribution in [2.24, 2.45) is 0 Å². The van der Waals surface area contributed by atoms with E-state index in [2.05, 4.69) is 26.0 Å². The quantitative estimate of drug-likeness (QED) is 0.698. The fraction of sp³-hybridized carbons (Fsp3) is 0.125. The number of sulfonamides is 1.